The van der Waals surface area contributed by atoms with Gasteiger partial charge in [-0.2, -0.15) is 0 Å². The van der Waals surface area contributed by atoms with Crippen molar-refractivity contribution < 1.29 is 23.1 Å². The van der Waals surface area contributed by atoms with Gasteiger partial charge < -0.3 is 10.1 Å². The molecule has 0 spiro atoms. The van der Waals surface area contributed by atoms with Gasteiger partial charge in [-0.1, -0.05) is 20.3 Å². The first kappa shape index (κ1) is 16.1. The van der Waals surface area contributed by atoms with E-state index in [0.29, 0.717) is 12.5 Å². The van der Waals surface area contributed by atoms with Crippen LogP contribution < -0.4 is 5.32 Å². The average Bonchev–Trinajstić information content (AvgIpc) is 2.42. The molecule has 0 bridgehead atoms. The van der Waals surface area contributed by atoms with E-state index in [1.54, 1.807) is 6.92 Å². The van der Waals surface area contributed by atoms with Crippen LogP contribution in [0.5, 0.6) is 0 Å². The molecule has 0 unspecified atom stereocenters. The monoisotopic (exact) mass is 285 g/mol. The number of rotatable bonds is 5. The summed E-state index contributed by atoms with van der Waals surface area (Å²) < 4.78 is 30.9. The van der Waals surface area contributed by atoms with E-state index in [1.165, 1.54) is 7.11 Å². The van der Waals surface area contributed by atoms with Gasteiger partial charge in [0.2, 0.25) is 0 Å². The standard InChI is InChI=1S/C14H17F2NO3/c1-4-8(2)12(14(19)20-3)17-13(18)10-6-5-9(15)7-11(10)16/h5-8,12H,4H2,1-3H3,(H,17,18)/t8-,12+/m0/s1. The molecular weight excluding hydrogens is 268 g/mol. The van der Waals surface area contributed by atoms with Gasteiger partial charge in [0.15, 0.2) is 0 Å². The summed E-state index contributed by atoms with van der Waals surface area (Å²) in [6.45, 7) is 3.62. The molecule has 0 saturated heterocycles. The number of methoxy groups -OCH3 is 1. The molecule has 1 aromatic rings. The predicted molar refractivity (Wildman–Crippen MR) is 69.1 cm³/mol. The van der Waals surface area contributed by atoms with Gasteiger partial charge in [-0.15, -0.1) is 0 Å². The molecule has 0 saturated carbocycles. The summed E-state index contributed by atoms with van der Waals surface area (Å²) in [4.78, 5) is 23.6. The molecule has 0 fully saturated rings. The zero-order valence-corrected chi connectivity index (χ0v) is 11.6. The van der Waals surface area contributed by atoms with Crippen molar-refractivity contribution in [1.29, 1.82) is 0 Å². The molecule has 0 aliphatic heterocycles. The number of carbonyl (C=O) groups excluding carboxylic acids is 2. The number of hydrogen-bond donors (Lipinski definition) is 1. The smallest absolute Gasteiger partial charge is 0.328 e. The van der Waals surface area contributed by atoms with Crippen LogP contribution >= 0.6 is 0 Å². The number of hydrogen-bond acceptors (Lipinski definition) is 3. The molecule has 2 atom stereocenters. The third-order valence-corrected chi connectivity index (χ3v) is 3.13. The fourth-order valence-corrected chi connectivity index (χ4v) is 1.69. The maximum Gasteiger partial charge on any atom is 0.328 e. The van der Waals surface area contributed by atoms with Crippen LogP contribution in [-0.2, 0) is 9.53 Å². The highest BCUT2D eigenvalue weighted by atomic mass is 19.1. The second-order valence-corrected chi connectivity index (χ2v) is 4.48. The zero-order chi connectivity index (χ0) is 15.3. The van der Waals surface area contributed by atoms with Crippen molar-refractivity contribution in [1.82, 2.24) is 5.32 Å². The number of ether oxygens (including phenoxy) is 1. The van der Waals surface area contributed by atoms with E-state index in [4.69, 9.17) is 0 Å². The molecule has 0 aromatic heterocycles. The van der Waals surface area contributed by atoms with Crippen molar-refractivity contribution >= 4 is 11.9 Å². The van der Waals surface area contributed by atoms with E-state index in [0.717, 1.165) is 12.1 Å². The van der Waals surface area contributed by atoms with Crippen LogP contribution in [0.1, 0.15) is 30.6 Å². The molecule has 0 aliphatic carbocycles. The van der Waals surface area contributed by atoms with Crippen LogP contribution in [0.4, 0.5) is 8.78 Å². The minimum Gasteiger partial charge on any atom is -0.467 e. The Morgan fingerprint density at radius 1 is 1.35 bits per heavy atom. The van der Waals surface area contributed by atoms with Crippen LogP contribution in [0, 0.1) is 17.6 Å². The molecule has 1 rings (SSSR count). The molecule has 6 heteroatoms. The SMILES string of the molecule is CC[C@H](C)[C@@H](NC(=O)c1ccc(F)cc1F)C(=O)OC. The first-order valence-electron chi connectivity index (χ1n) is 6.24. The van der Waals surface area contributed by atoms with Gasteiger partial charge in [0.05, 0.1) is 12.7 Å². The number of esters is 1. The Morgan fingerprint density at radius 2 is 2.00 bits per heavy atom. The van der Waals surface area contributed by atoms with E-state index in [1.807, 2.05) is 6.92 Å². The summed E-state index contributed by atoms with van der Waals surface area (Å²) in [6, 6.07) is 1.76. The van der Waals surface area contributed by atoms with Gasteiger partial charge in [0, 0.05) is 6.07 Å². The maximum atomic E-state index is 13.5. The molecule has 1 amide bonds. The van der Waals surface area contributed by atoms with Crippen LogP contribution in [0.2, 0.25) is 0 Å². The van der Waals surface area contributed by atoms with Gasteiger partial charge in [0.1, 0.15) is 17.7 Å². The van der Waals surface area contributed by atoms with Crippen molar-refractivity contribution in [3.8, 4) is 0 Å². The lowest BCUT2D eigenvalue weighted by Crippen LogP contribution is -2.45. The lowest BCUT2D eigenvalue weighted by atomic mass is 9.99. The summed E-state index contributed by atoms with van der Waals surface area (Å²) in [6.07, 6.45) is 0.631. The largest absolute Gasteiger partial charge is 0.467 e. The van der Waals surface area contributed by atoms with E-state index in [-0.39, 0.29) is 11.5 Å². The lowest BCUT2D eigenvalue weighted by Gasteiger charge is -2.21. The zero-order valence-electron chi connectivity index (χ0n) is 11.6. The molecule has 1 N–H and O–H groups in total. The second-order valence-electron chi connectivity index (χ2n) is 4.48. The van der Waals surface area contributed by atoms with E-state index in [9.17, 15) is 18.4 Å². The number of halogens is 2. The van der Waals surface area contributed by atoms with E-state index >= 15 is 0 Å². The summed E-state index contributed by atoms with van der Waals surface area (Å²) >= 11 is 0. The predicted octanol–water partition coefficient (Wildman–Crippen LogP) is 2.28. The van der Waals surface area contributed by atoms with E-state index in [2.05, 4.69) is 10.1 Å². The molecule has 4 nitrogen and oxygen atoms in total. The Morgan fingerprint density at radius 3 is 2.50 bits per heavy atom. The average molecular weight is 285 g/mol. The Hall–Kier alpha value is -1.98. The van der Waals surface area contributed by atoms with Crippen molar-refractivity contribution in [2.45, 2.75) is 26.3 Å². The van der Waals surface area contributed by atoms with Crippen LogP contribution in [-0.4, -0.2) is 25.0 Å². The fraction of sp³-hybridized carbons (Fsp3) is 0.429. The molecule has 0 aliphatic rings. The van der Waals surface area contributed by atoms with Crippen molar-refractivity contribution in [2.75, 3.05) is 7.11 Å². The summed E-state index contributed by atoms with van der Waals surface area (Å²) in [5, 5.41) is 2.42. The highest BCUT2D eigenvalue weighted by molar-refractivity contribution is 5.97. The Labute approximate surface area is 116 Å². The van der Waals surface area contributed by atoms with Gasteiger partial charge in [-0.3, -0.25) is 4.79 Å². The van der Waals surface area contributed by atoms with Gasteiger partial charge in [-0.25, -0.2) is 13.6 Å². The normalized spacial score (nSPS) is 13.4. The first-order valence-corrected chi connectivity index (χ1v) is 6.24. The fourth-order valence-electron chi connectivity index (χ4n) is 1.69. The minimum atomic E-state index is -0.977. The second kappa shape index (κ2) is 6.98. The quantitative estimate of drug-likeness (QED) is 0.844. The molecule has 1 aromatic carbocycles. The number of carbonyl (C=O) groups is 2. The van der Waals surface area contributed by atoms with Crippen LogP contribution in [0.3, 0.4) is 0 Å². The number of amides is 1. The number of nitrogens with one attached hydrogen (secondary N) is 1. The third kappa shape index (κ3) is 3.76. The van der Waals surface area contributed by atoms with Gasteiger partial charge >= 0.3 is 5.97 Å². The third-order valence-electron chi connectivity index (χ3n) is 3.13. The molecule has 110 valence electrons. The molecular formula is C14H17F2NO3. The Balaban J connectivity index is 2.93. The van der Waals surface area contributed by atoms with Gasteiger partial charge in [0.25, 0.3) is 5.91 Å². The van der Waals surface area contributed by atoms with Crippen molar-refractivity contribution in [3.63, 3.8) is 0 Å². The Kier molecular flexibility index (Phi) is 5.61. The molecule has 0 radical (unpaired) electrons. The summed E-state index contributed by atoms with van der Waals surface area (Å²) in [5.74, 6) is -3.30. The van der Waals surface area contributed by atoms with Crippen molar-refractivity contribution in [3.05, 3.63) is 35.4 Å². The van der Waals surface area contributed by atoms with Crippen LogP contribution in [0.25, 0.3) is 0 Å². The Bertz CT molecular complexity index is 505. The molecule has 20 heavy (non-hydrogen) atoms. The lowest BCUT2D eigenvalue weighted by molar-refractivity contribution is -0.144. The number of benzene rings is 1. The summed E-state index contributed by atoms with van der Waals surface area (Å²) in [5.41, 5.74) is -0.316. The summed E-state index contributed by atoms with van der Waals surface area (Å²) in [7, 11) is 1.21. The molecule has 0 heterocycles. The maximum absolute atomic E-state index is 13.5. The minimum absolute atomic E-state index is 0.171. The first-order chi connectivity index (χ1) is 9.40. The van der Waals surface area contributed by atoms with Crippen molar-refractivity contribution in [2.24, 2.45) is 5.92 Å². The highest BCUT2D eigenvalue weighted by Gasteiger charge is 2.27. The highest BCUT2D eigenvalue weighted by Crippen LogP contribution is 2.13. The topological polar surface area (TPSA) is 55.4 Å². The van der Waals surface area contributed by atoms with Gasteiger partial charge in [-0.05, 0) is 18.1 Å². The van der Waals surface area contributed by atoms with Crippen LogP contribution in [0.15, 0.2) is 18.2 Å². The van der Waals surface area contributed by atoms with E-state index < -0.39 is 29.6 Å².